The van der Waals surface area contributed by atoms with E-state index in [0.717, 1.165) is 35.0 Å². The second-order valence-corrected chi connectivity index (χ2v) is 10.2. The number of alkyl halides is 3. The van der Waals surface area contributed by atoms with Crippen LogP contribution in [0.5, 0.6) is 11.5 Å². The Morgan fingerprint density at radius 3 is 2.33 bits per heavy atom. The number of rotatable bonds is 10. The first-order valence-corrected chi connectivity index (χ1v) is 13.6. The maximum atomic E-state index is 13.5. The zero-order valence-electron chi connectivity index (χ0n) is 23.2. The van der Waals surface area contributed by atoms with Crippen molar-refractivity contribution in [1.29, 1.82) is 0 Å². The number of amides is 2. The van der Waals surface area contributed by atoms with Crippen LogP contribution in [-0.4, -0.2) is 46.6 Å². The van der Waals surface area contributed by atoms with E-state index in [4.69, 9.17) is 9.47 Å². The Hall–Kier alpha value is -4.52. The molecule has 0 bridgehead atoms. The van der Waals surface area contributed by atoms with Gasteiger partial charge < -0.3 is 20.1 Å². The minimum Gasteiger partial charge on any atom is -0.497 e. The number of hydrogen-bond donors (Lipinski definition) is 2. The van der Waals surface area contributed by atoms with E-state index in [-0.39, 0.29) is 40.4 Å². The predicted octanol–water partition coefficient (Wildman–Crippen LogP) is 5.58. The molecule has 0 saturated heterocycles. The molecule has 42 heavy (non-hydrogen) atoms. The van der Waals surface area contributed by atoms with Crippen LogP contribution in [0.4, 0.5) is 18.9 Å². The average molecular weight is 600 g/mol. The summed E-state index contributed by atoms with van der Waals surface area (Å²) in [4.78, 5) is 25.7. The number of aryl methyl sites for hydroxylation is 2. The summed E-state index contributed by atoms with van der Waals surface area (Å²) in [6.07, 6.45) is -4.58. The topological polar surface area (TPSA) is 107 Å². The molecule has 2 amide bonds. The zero-order chi connectivity index (χ0) is 30.4. The van der Waals surface area contributed by atoms with Gasteiger partial charge in [-0.3, -0.25) is 14.2 Å². The molecule has 0 saturated carbocycles. The number of aromatic nitrogens is 3. The van der Waals surface area contributed by atoms with Crippen molar-refractivity contribution in [2.24, 2.45) is 0 Å². The Bertz CT molecular complexity index is 1580. The van der Waals surface area contributed by atoms with Gasteiger partial charge in [-0.1, -0.05) is 30.0 Å². The van der Waals surface area contributed by atoms with Crippen LogP contribution in [-0.2, 0) is 17.5 Å². The van der Waals surface area contributed by atoms with Crippen LogP contribution in [0.3, 0.4) is 0 Å². The normalized spacial score (nSPS) is 11.2. The third-order valence-electron chi connectivity index (χ3n) is 6.15. The minimum absolute atomic E-state index is 0.0829. The second kappa shape index (κ2) is 13.0. The molecule has 3 aromatic carbocycles. The lowest BCUT2D eigenvalue weighted by Gasteiger charge is -2.14. The smallest absolute Gasteiger partial charge is 0.416 e. The highest BCUT2D eigenvalue weighted by molar-refractivity contribution is 7.99. The molecule has 0 unspecified atom stereocenters. The number of hydrogen-bond acceptors (Lipinski definition) is 7. The maximum Gasteiger partial charge on any atom is 0.416 e. The molecule has 0 atom stereocenters. The quantitative estimate of drug-likeness (QED) is 0.229. The van der Waals surface area contributed by atoms with Crippen LogP contribution in [0, 0.1) is 13.8 Å². The van der Waals surface area contributed by atoms with Crippen molar-refractivity contribution in [3.05, 3.63) is 88.7 Å². The van der Waals surface area contributed by atoms with Crippen LogP contribution >= 0.6 is 11.8 Å². The molecule has 0 aliphatic heterocycles. The summed E-state index contributed by atoms with van der Waals surface area (Å²) in [5.74, 6) is 0.0753. The highest BCUT2D eigenvalue weighted by atomic mass is 32.2. The van der Waals surface area contributed by atoms with Crippen molar-refractivity contribution in [3.63, 3.8) is 0 Å². The average Bonchev–Trinajstić information content (AvgIpc) is 3.38. The Morgan fingerprint density at radius 1 is 0.952 bits per heavy atom. The van der Waals surface area contributed by atoms with Crippen LogP contribution in [0.25, 0.3) is 5.69 Å². The van der Waals surface area contributed by atoms with Gasteiger partial charge in [-0.05, 0) is 61.4 Å². The van der Waals surface area contributed by atoms with Crippen molar-refractivity contribution in [3.8, 4) is 17.2 Å². The summed E-state index contributed by atoms with van der Waals surface area (Å²) in [5.41, 5.74) is 2.03. The van der Waals surface area contributed by atoms with Crippen LogP contribution < -0.4 is 20.1 Å². The molecule has 0 radical (unpaired) electrons. The highest BCUT2D eigenvalue weighted by Crippen LogP contribution is 2.32. The van der Waals surface area contributed by atoms with Gasteiger partial charge in [-0.2, -0.15) is 13.2 Å². The van der Waals surface area contributed by atoms with Gasteiger partial charge >= 0.3 is 6.18 Å². The van der Waals surface area contributed by atoms with E-state index in [9.17, 15) is 22.8 Å². The van der Waals surface area contributed by atoms with Crippen molar-refractivity contribution in [2.75, 3.05) is 25.3 Å². The Morgan fingerprint density at radius 2 is 1.67 bits per heavy atom. The number of carbonyl (C=O) groups is 2. The lowest BCUT2D eigenvalue weighted by Crippen LogP contribution is -2.25. The van der Waals surface area contributed by atoms with Crippen LogP contribution in [0.1, 0.15) is 32.9 Å². The second-order valence-electron chi connectivity index (χ2n) is 9.22. The van der Waals surface area contributed by atoms with Gasteiger partial charge in [0, 0.05) is 17.3 Å². The lowest BCUT2D eigenvalue weighted by molar-refractivity contribution is -0.137. The summed E-state index contributed by atoms with van der Waals surface area (Å²) in [5, 5.41) is 14.0. The molecule has 0 aliphatic carbocycles. The molecule has 0 aliphatic rings. The fraction of sp³-hybridized carbons (Fsp3) is 0.241. The fourth-order valence-corrected chi connectivity index (χ4v) is 4.75. The van der Waals surface area contributed by atoms with Gasteiger partial charge in [0.2, 0.25) is 5.91 Å². The standard InChI is InChI=1S/C29H28F3N5O4S/c1-17-8-9-18(2)24(10-17)34-26(38)16-42-28-36-35-25(37(28)21-7-5-6-20(13-21)29(30,31)32)15-33-27(39)19-11-22(40-3)14-23(12-19)41-4/h5-14H,15-16H2,1-4H3,(H,33,39)(H,34,38). The number of nitrogens with one attached hydrogen (secondary N) is 2. The summed E-state index contributed by atoms with van der Waals surface area (Å²) in [6, 6.07) is 15.0. The first-order valence-electron chi connectivity index (χ1n) is 12.6. The summed E-state index contributed by atoms with van der Waals surface area (Å²) >= 11 is 1.00. The third-order valence-corrected chi connectivity index (χ3v) is 7.08. The van der Waals surface area contributed by atoms with E-state index >= 15 is 0 Å². The number of anilines is 1. The molecular formula is C29H28F3N5O4S. The van der Waals surface area contributed by atoms with Gasteiger partial charge in [0.05, 0.1) is 37.8 Å². The number of ether oxygens (including phenoxy) is 2. The minimum atomic E-state index is -4.58. The van der Waals surface area contributed by atoms with E-state index in [2.05, 4.69) is 20.8 Å². The third kappa shape index (κ3) is 7.40. The monoisotopic (exact) mass is 599 g/mol. The first-order chi connectivity index (χ1) is 20.0. The molecule has 0 fully saturated rings. The number of halogens is 3. The Labute approximate surface area is 244 Å². The summed E-state index contributed by atoms with van der Waals surface area (Å²) in [6.45, 7) is 3.61. The van der Waals surface area contributed by atoms with Gasteiger partial charge in [0.25, 0.3) is 5.91 Å². The van der Waals surface area contributed by atoms with Crippen molar-refractivity contribution in [2.45, 2.75) is 31.7 Å². The summed E-state index contributed by atoms with van der Waals surface area (Å²) in [7, 11) is 2.91. The summed E-state index contributed by atoms with van der Waals surface area (Å²) < 4.78 is 52.4. The van der Waals surface area contributed by atoms with E-state index in [1.165, 1.54) is 43.1 Å². The first kappa shape index (κ1) is 30.4. The van der Waals surface area contributed by atoms with Crippen LogP contribution in [0.2, 0.25) is 0 Å². The number of carbonyl (C=O) groups excluding carboxylic acids is 2. The number of nitrogens with zero attached hydrogens (tertiary/aromatic N) is 3. The molecule has 220 valence electrons. The van der Waals surface area contributed by atoms with Gasteiger partial charge in [-0.15, -0.1) is 10.2 Å². The molecule has 4 aromatic rings. The van der Waals surface area contributed by atoms with Gasteiger partial charge in [-0.25, -0.2) is 0 Å². The molecule has 4 rings (SSSR count). The zero-order valence-corrected chi connectivity index (χ0v) is 24.0. The maximum absolute atomic E-state index is 13.5. The molecule has 2 N–H and O–H groups in total. The number of methoxy groups -OCH3 is 2. The van der Waals surface area contributed by atoms with Crippen molar-refractivity contribution < 1.29 is 32.2 Å². The molecule has 1 heterocycles. The molecule has 13 heteroatoms. The van der Waals surface area contributed by atoms with Gasteiger partial charge in [0.15, 0.2) is 11.0 Å². The molecule has 0 spiro atoms. The van der Waals surface area contributed by atoms with E-state index in [1.807, 2.05) is 32.0 Å². The molecule has 1 aromatic heterocycles. The van der Waals surface area contributed by atoms with Crippen molar-refractivity contribution >= 4 is 29.3 Å². The molecular weight excluding hydrogens is 571 g/mol. The SMILES string of the molecule is COc1cc(OC)cc(C(=O)NCc2nnc(SCC(=O)Nc3cc(C)ccc3C)n2-c2cccc(C(F)(F)F)c2)c1. The largest absolute Gasteiger partial charge is 0.497 e. The van der Waals surface area contributed by atoms with Crippen molar-refractivity contribution in [1.82, 2.24) is 20.1 Å². The predicted molar refractivity (Wildman–Crippen MR) is 152 cm³/mol. The van der Waals surface area contributed by atoms with Gasteiger partial charge in [0.1, 0.15) is 11.5 Å². The fourth-order valence-electron chi connectivity index (χ4n) is 3.98. The van der Waals surface area contributed by atoms with Crippen LogP contribution in [0.15, 0.2) is 65.8 Å². The Kier molecular flexibility index (Phi) is 9.41. The number of thioether (sulfide) groups is 1. The Balaban J connectivity index is 1.59. The van der Waals surface area contributed by atoms with E-state index in [1.54, 1.807) is 6.07 Å². The lowest BCUT2D eigenvalue weighted by atomic mass is 10.1. The molecule has 9 nitrogen and oxygen atoms in total. The van der Waals surface area contributed by atoms with E-state index in [0.29, 0.717) is 17.2 Å². The highest BCUT2D eigenvalue weighted by Gasteiger charge is 2.31. The van der Waals surface area contributed by atoms with E-state index < -0.39 is 17.6 Å². The number of benzene rings is 3.